The SMILES string of the molecule is CSc1ncc(C(F)(F)F)c(O[C@H]2CCCC2=O)n1. The Labute approximate surface area is 111 Å². The Morgan fingerprint density at radius 3 is 2.74 bits per heavy atom. The van der Waals surface area contributed by atoms with Crippen LogP contribution in [0.1, 0.15) is 24.8 Å². The number of carbonyl (C=O) groups is 1. The molecule has 19 heavy (non-hydrogen) atoms. The Morgan fingerprint density at radius 2 is 2.21 bits per heavy atom. The van der Waals surface area contributed by atoms with E-state index in [1.54, 1.807) is 6.26 Å². The second-order valence-corrected chi connectivity index (χ2v) is 4.81. The number of nitrogens with zero attached hydrogens (tertiary/aromatic N) is 2. The fourth-order valence-corrected chi connectivity index (χ4v) is 2.11. The van der Waals surface area contributed by atoms with Gasteiger partial charge in [-0.25, -0.2) is 4.98 Å². The minimum atomic E-state index is -4.60. The zero-order valence-electron chi connectivity index (χ0n) is 10.0. The third-order valence-electron chi connectivity index (χ3n) is 2.72. The highest BCUT2D eigenvalue weighted by Crippen LogP contribution is 2.36. The molecule has 1 aromatic rings. The van der Waals surface area contributed by atoms with Crippen LogP contribution in [0.5, 0.6) is 5.88 Å². The number of thioether (sulfide) groups is 1. The van der Waals surface area contributed by atoms with Gasteiger partial charge >= 0.3 is 6.18 Å². The fourth-order valence-electron chi connectivity index (χ4n) is 1.78. The maximum atomic E-state index is 12.8. The van der Waals surface area contributed by atoms with Gasteiger partial charge in [0, 0.05) is 12.6 Å². The van der Waals surface area contributed by atoms with E-state index >= 15 is 0 Å². The molecule has 0 aromatic carbocycles. The highest BCUT2D eigenvalue weighted by molar-refractivity contribution is 7.98. The first-order valence-corrected chi connectivity index (χ1v) is 6.82. The molecule has 0 bridgehead atoms. The van der Waals surface area contributed by atoms with Gasteiger partial charge in [0.1, 0.15) is 5.56 Å². The number of Topliss-reactive ketones (excluding diaryl/α,β-unsaturated/α-hetero) is 1. The summed E-state index contributed by atoms with van der Waals surface area (Å²) in [6.07, 6.45) is -1.70. The summed E-state index contributed by atoms with van der Waals surface area (Å²) in [5, 5.41) is 0.174. The summed E-state index contributed by atoms with van der Waals surface area (Å²) in [6.45, 7) is 0. The van der Waals surface area contributed by atoms with E-state index < -0.39 is 23.7 Å². The highest BCUT2D eigenvalue weighted by Gasteiger charge is 2.38. The van der Waals surface area contributed by atoms with Crippen LogP contribution in [0.3, 0.4) is 0 Å². The number of alkyl halides is 3. The number of hydrogen-bond donors (Lipinski definition) is 0. The van der Waals surface area contributed by atoms with Crippen LogP contribution in [0.25, 0.3) is 0 Å². The van der Waals surface area contributed by atoms with E-state index in [2.05, 4.69) is 9.97 Å². The molecule has 0 unspecified atom stereocenters. The van der Waals surface area contributed by atoms with E-state index in [1.807, 2.05) is 0 Å². The van der Waals surface area contributed by atoms with Crippen molar-refractivity contribution in [1.82, 2.24) is 9.97 Å². The smallest absolute Gasteiger partial charge is 0.423 e. The molecule has 1 saturated carbocycles. The van der Waals surface area contributed by atoms with E-state index in [0.717, 1.165) is 11.8 Å². The second-order valence-electron chi connectivity index (χ2n) is 4.04. The van der Waals surface area contributed by atoms with Crippen LogP contribution in [0, 0.1) is 0 Å². The predicted octanol–water partition coefficient (Wildman–Crippen LogP) is 2.72. The normalized spacial score (nSPS) is 19.8. The van der Waals surface area contributed by atoms with Crippen molar-refractivity contribution in [3.05, 3.63) is 11.8 Å². The standard InChI is InChI=1S/C11H11F3N2O2S/c1-19-10-15-5-6(11(12,13)14)9(16-10)18-8-4-2-3-7(8)17/h5,8H,2-4H2,1H3/t8-/m0/s1. The van der Waals surface area contributed by atoms with Gasteiger partial charge in [-0.3, -0.25) is 4.79 Å². The molecule has 0 saturated heterocycles. The Kier molecular flexibility index (Phi) is 3.98. The summed E-state index contributed by atoms with van der Waals surface area (Å²) >= 11 is 1.11. The van der Waals surface area contributed by atoms with Crippen molar-refractivity contribution < 1.29 is 22.7 Å². The van der Waals surface area contributed by atoms with Crippen LogP contribution < -0.4 is 4.74 Å². The molecule has 0 spiro atoms. The third kappa shape index (κ3) is 3.17. The van der Waals surface area contributed by atoms with E-state index in [0.29, 0.717) is 25.5 Å². The molecule has 2 rings (SSSR count). The van der Waals surface area contributed by atoms with E-state index in [9.17, 15) is 18.0 Å². The average molecular weight is 292 g/mol. The van der Waals surface area contributed by atoms with Crippen LogP contribution in [-0.4, -0.2) is 28.1 Å². The molecule has 104 valence electrons. The van der Waals surface area contributed by atoms with E-state index in [1.165, 1.54) is 0 Å². The Hall–Kier alpha value is -1.31. The first kappa shape index (κ1) is 14.1. The van der Waals surface area contributed by atoms with Gasteiger partial charge < -0.3 is 4.74 Å². The predicted molar refractivity (Wildman–Crippen MR) is 62.1 cm³/mol. The molecular formula is C11H11F3N2O2S. The number of aromatic nitrogens is 2. The lowest BCUT2D eigenvalue weighted by molar-refractivity contribution is -0.141. The summed E-state index contributed by atoms with van der Waals surface area (Å²) in [6, 6.07) is 0. The van der Waals surface area contributed by atoms with Crippen LogP contribution in [0.15, 0.2) is 11.4 Å². The summed E-state index contributed by atoms with van der Waals surface area (Å²) in [5.74, 6) is -0.746. The van der Waals surface area contributed by atoms with Crippen LogP contribution >= 0.6 is 11.8 Å². The molecule has 1 aromatic heterocycles. The molecular weight excluding hydrogens is 281 g/mol. The van der Waals surface area contributed by atoms with Crippen molar-refractivity contribution in [2.45, 2.75) is 36.7 Å². The van der Waals surface area contributed by atoms with E-state index in [-0.39, 0.29) is 10.9 Å². The maximum Gasteiger partial charge on any atom is 0.423 e. The van der Waals surface area contributed by atoms with E-state index in [4.69, 9.17) is 4.74 Å². The first-order valence-electron chi connectivity index (χ1n) is 5.59. The molecule has 0 amide bonds. The summed E-state index contributed by atoms with van der Waals surface area (Å²) in [5.41, 5.74) is -1.05. The van der Waals surface area contributed by atoms with Crippen molar-refractivity contribution in [2.75, 3.05) is 6.26 Å². The van der Waals surface area contributed by atoms with Crippen molar-refractivity contribution >= 4 is 17.5 Å². The number of rotatable bonds is 3. The lowest BCUT2D eigenvalue weighted by Gasteiger charge is -2.16. The number of hydrogen-bond acceptors (Lipinski definition) is 5. The molecule has 0 radical (unpaired) electrons. The maximum absolute atomic E-state index is 12.8. The zero-order chi connectivity index (χ0) is 14.0. The lowest BCUT2D eigenvalue weighted by atomic mass is 10.3. The zero-order valence-corrected chi connectivity index (χ0v) is 10.8. The minimum Gasteiger partial charge on any atom is -0.466 e. The Bertz CT molecular complexity index is 493. The van der Waals surface area contributed by atoms with Gasteiger partial charge in [0.15, 0.2) is 17.0 Å². The molecule has 1 aliphatic carbocycles. The van der Waals surface area contributed by atoms with Crippen molar-refractivity contribution in [1.29, 1.82) is 0 Å². The van der Waals surface area contributed by atoms with Crippen LogP contribution in [-0.2, 0) is 11.0 Å². The van der Waals surface area contributed by atoms with Gasteiger partial charge in [-0.2, -0.15) is 18.2 Å². The van der Waals surface area contributed by atoms with Gasteiger partial charge in [-0.15, -0.1) is 0 Å². The number of carbonyl (C=O) groups excluding carboxylic acids is 1. The molecule has 1 aliphatic rings. The average Bonchev–Trinajstić information content (AvgIpc) is 2.73. The lowest BCUT2D eigenvalue weighted by Crippen LogP contribution is -2.23. The van der Waals surface area contributed by atoms with Crippen molar-refractivity contribution in [2.24, 2.45) is 0 Å². The van der Waals surface area contributed by atoms with Gasteiger partial charge in [-0.1, -0.05) is 11.8 Å². The first-order chi connectivity index (χ1) is 8.91. The van der Waals surface area contributed by atoms with Crippen LogP contribution in [0.2, 0.25) is 0 Å². The molecule has 4 nitrogen and oxygen atoms in total. The van der Waals surface area contributed by atoms with Crippen molar-refractivity contribution in [3.63, 3.8) is 0 Å². The molecule has 1 fully saturated rings. The van der Waals surface area contributed by atoms with Crippen molar-refractivity contribution in [3.8, 4) is 5.88 Å². The fraction of sp³-hybridized carbons (Fsp3) is 0.545. The van der Waals surface area contributed by atoms with Gasteiger partial charge in [0.2, 0.25) is 5.88 Å². The van der Waals surface area contributed by atoms with Gasteiger partial charge in [-0.05, 0) is 19.1 Å². The molecule has 1 heterocycles. The van der Waals surface area contributed by atoms with Crippen LogP contribution in [0.4, 0.5) is 13.2 Å². The largest absolute Gasteiger partial charge is 0.466 e. The Morgan fingerprint density at radius 1 is 1.47 bits per heavy atom. The van der Waals surface area contributed by atoms with Gasteiger partial charge in [0.25, 0.3) is 0 Å². The highest BCUT2D eigenvalue weighted by atomic mass is 32.2. The molecule has 0 aliphatic heterocycles. The summed E-state index contributed by atoms with van der Waals surface area (Å²) in [4.78, 5) is 18.7. The molecule has 0 N–H and O–H groups in total. The molecule has 1 atom stereocenters. The number of ether oxygens (including phenoxy) is 1. The number of halogens is 3. The van der Waals surface area contributed by atoms with Gasteiger partial charge in [0.05, 0.1) is 0 Å². The monoisotopic (exact) mass is 292 g/mol. The number of ketones is 1. The summed E-state index contributed by atoms with van der Waals surface area (Å²) in [7, 11) is 0. The molecule has 8 heteroatoms. The quantitative estimate of drug-likeness (QED) is 0.633. The second kappa shape index (κ2) is 5.36. The summed E-state index contributed by atoms with van der Waals surface area (Å²) < 4.78 is 43.6. The Balaban J connectivity index is 2.32. The minimum absolute atomic E-state index is 0.174. The topological polar surface area (TPSA) is 52.1 Å². The third-order valence-corrected chi connectivity index (χ3v) is 3.28.